The topological polar surface area (TPSA) is 78.9 Å². The molecule has 0 aromatic carbocycles. The Morgan fingerprint density at radius 2 is 1.58 bits per heavy atom. The Morgan fingerprint density at radius 3 is 2.19 bits per heavy atom. The fourth-order valence-corrected chi connectivity index (χ4v) is 7.91. The first kappa shape index (κ1) is 22.3. The van der Waals surface area contributed by atoms with Crippen LogP contribution in [0.5, 0.6) is 0 Å². The third-order valence-corrected chi connectivity index (χ3v) is 9.10. The van der Waals surface area contributed by atoms with E-state index in [1.807, 2.05) is 6.08 Å². The van der Waals surface area contributed by atoms with Crippen LogP contribution in [0.2, 0.25) is 0 Å². The van der Waals surface area contributed by atoms with Crippen LogP contribution in [0.3, 0.4) is 0 Å². The van der Waals surface area contributed by atoms with Gasteiger partial charge in [0.1, 0.15) is 6.10 Å². The van der Waals surface area contributed by atoms with Crippen LogP contribution in [-0.4, -0.2) is 29.8 Å². The van der Waals surface area contributed by atoms with E-state index in [2.05, 4.69) is 13.8 Å². The highest BCUT2D eigenvalue weighted by molar-refractivity contribution is 5.70. The molecule has 3 fully saturated rings. The van der Waals surface area contributed by atoms with Crippen molar-refractivity contribution in [3.05, 3.63) is 12.2 Å². The van der Waals surface area contributed by atoms with Crippen LogP contribution in [0.25, 0.3) is 0 Å². The molecule has 4 rings (SSSR count). The van der Waals surface area contributed by atoms with Gasteiger partial charge in [-0.05, 0) is 67.8 Å². The van der Waals surface area contributed by atoms with Gasteiger partial charge in [-0.2, -0.15) is 0 Å². The summed E-state index contributed by atoms with van der Waals surface area (Å²) in [7, 11) is 0. The van der Waals surface area contributed by atoms with E-state index < -0.39 is 23.1 Å². The first-order valence-corrected chi connectivity index (χ1v) is 11.8. The lowest BCUT2D eigenvalue weighted by atomic mass is 9.44. The number of hydrogen-bond acceptors (Lipinski definition) is 6. The van der Waals surface area contributed by atoms with E-state index in [0.717, 1.165) is 25.7 Å². The van der Waals surface area contributed by atoms with Crippen LogP contribution < -0.4 is 0 Å². The summed E-state index contributed by atoms with van der Waals surface area (Å²) in [5.41, 5.74) is -0.330. The van der Waals surface area contributed by atoms with E-state index >= 15 is 0 Å². The molecule has 0 aromatic heterocycles. The summed E-state index contributed by atoms with van der Waals surface area (Å²) in [5.74, 6) is -1.78. The van der Waals surface area contributed by atoms with Crippen molar-refractivity contribution in [3.63, 3.8) is 0 Å². The lowest BCUT2D eigenvalue weighted by molar-refractivity contribution is -0.298. The average Bonchev–Trinajstić information content (AvgIpc) is 3.04. The van der Waals surface area contributed by atoms with E-state index in [1.54, 1.807) is 6.08 Å². The number of carbonyl (C=O) groups excluding carboxylic acids is 3. The molecule has 0 radical (unpaired) electrons. The summed E-state index contributed by atoms with van der Waals surface area (Å²) in [5, 5.41) is 0. The van der Waals surface area contributed by atoms with Gasteiger partial charge in [-0.25, -0.2) is 0 Å². The molecular formula is C25H36O6. The zero-order valence-corrected chi connectivity index (χ0v) is 19.4. The van der Waals surface area contributed by atoms with Gasteiger partial charge in [-0.15, -0.1) is 0 Å². The molecule has 0 saturated heterocycles. The molecule has 4 aliphatic carbocycles. The smallest absolute Gasteiger partial charge is 0.306 e. The highest BCUT2D eigenvalue weighted by atomic mass is 16.7. The molecule has 6 heteroatoms. The second-order valence-corrected chi connectivity index (χ2v) is 10.7. The molecule has 1 unspecified atom stereocenters. The van der Waals surface area contributed by atoms with Crippen molar-refractivity contribution in [2.24, 2.45) is 34.5 Å². The number of carbonyl (C=O) groups is 3. The normalized spacial score (nSPS) is 42.5. The van der Waals surface area contributed by atoms with Crippen molar-refractivity contribution in [1.82, 2.24) is 0 Å². The minimum atomic E-state index is -1.43. The van der Waals surface area contributed by atoms with Crippen LogP contribution in [0, 0.1) is 34.5 Å². The van der Waals surface area contributed by atoms with Crippen molar-refractivity contribution in [3.8, 4) is 0 Å². The molecule has 0 aromatic rings. The Bertz CT molecular complexity index is 786. The summed E-state index contributed by atoms with van der Waals surface area (Å²) in [6.07, 6.45) is 10.6. The Labute approximate surface area is 185 Å². The van der Waals surface area contributed by atoms with Crippen LogP contribution >= 0.6 is 0 Å². The molecule has 0 heterocycles. The van der Waals surface area contributed by atoms with Gasteiger partial charge in [0, 0.05) is 26.7 Å². The number of hydrogen-bond donors (Lipinski definition) is 0. The van der Waals surface area contributed by atoms with Gasteiger partial charge in [0.2, 0.25) is 0 Å². The monoisotopic (exact) mass is 432 g/mol. The number of allylic oxidation sites excluding steroid dienone is 1. The minimum Gasteiger partial charge on any atom is -0.462 e. The fourth-order valence-electron chi connectivity index (χ4n) is 7.91. The number of fused-ring (bicyclic) bond motifs is 5. The Balaban J connectivity index is 1.84. The molecule has 172 valence electrons. The van der Waals surface area contributed by atoms with Crippen molar-refractivity contribution in [2.45, 2.75) is 91.5 Å². The Morgan fingerprint density at radius 1 is 0.903 bits per heavy atom. The van der Waals surface area contributed by atoms with Crippen molar-refractivity contribution < 1.29 is 28.6 Å². The first-order valence-electron chi connectivity index (χ1n) is 11.8. The van der Waals surface area contributed by atoms with E-state index in [9.17, 15) is 14.4 Å². The quantitative estimate of drug-likeness (QED) is 0.370. The van der Waals surface area contributed by atoms with E-state index in [4.69, 9.17) is 14.2 Å². The zero-order valence-electron chi connectivity index (χ0n) is 19.4. The highest BCUT2D eigenvalue weighted by Gasteiger charge is 2.69. The first-order chi connectivity index (χ1) is 14.5. The standard InChI is InChI=1S/C25H36O6/c1-15(26)29-21-14-18-8-6-12-25(30-16(2)27,31-17(3)28)24(18,5)20-10-13-23(4)11-7-9-19(23)22(20)21/h6,12,18-22H,7-11,13-14H2,1-5H3/t18?,19-,20-,21+,22-,23-,24-/m0/s1. The van der Waals surface area contributed by atoms with Gasteiger partial charge in [0.15, 0.2) is 0 Å². The predicted octanol–water partition coefficient (Wildman–Crippen LogP) is 4.56. The molecule has 7 atom stereocenters. The summed E-state index contributed by atoms with van der Waals surface area (Å²) in [6.45, 7) is 8.73. The van der Waals surface area contributed by atoms with Crippen molar-refractivity contribution in [1.29, 1.82) is 0 Å². The summed E-state index contributed by atoms with van der Waals surface area (Å²) in [4.78, 5) is 36.4. The van der Waals surface area contributed by atoms with Gasteiger partial charge < -0.3 is 14.2 Å². The predicted molar refractivity (Wildman–Crippen MR) is 113 cm³/mol. The fraction of sp³-hybridized carbons (Fsp3) is 0.800. The van der Waals surface area contributed by atoms with Gasteiger partial charge >= 0.3 is 17.9 Å². The molecule has 4 aliphatic rings. The van der Waals surface area contributed by atoms with Crippen molar-refractivity contribution in [2.75, 3.05) is 0 Å². The molecule has 0 bridgehead atoms. The molecule has 0 amide bonds. The second kappa shape index (κ2) is 7.63. The van der Waals surface area contributed by atoms with Crippen molar-refractivity contribution >= 4 is 17.9 Å². The Hall–Kier alpha value is -1.85. The molecule has 0 aliphatic heterocycles. The summed E-state index contributed by atoms with van der Waals surface area (Å²) >= 11 is 0. The van der Waals surface area contributed by atoms with E-state index in [1.165, 1.54) is 33.6 Å². The van der Waals surface area contributed by atoms with Crippen LogP contribution in [0.1, 0.15) is 79.6 Å². The lowest BCUT2D eigenvalue weighted by Crippen LogP contribution is -2.67. The van der Waals surface area contributed by atoms with Crippen LogP contribution in [0.4, 0.5) is 0 Å². The van der Waals surface area contributed by atoms with Gasteiger partial charge in [-0.1, -0.05) is 26.3 Å². The number of rotatable bonds is 3. The molecule has 3 saturated carbocycles. The molecular weight excluding hydrogens is 396 g/mol. The number of esters is 3. The van der Waals surface area contributed by atoms with Crippen LogP contribution in [-0.2, 0) is 28.6 Å². The van der Waals surface area contributed by atoms with E-state index in [0.29, 0.717) is 12.3 Å². The maximum atomic E-state index is 12.2. The molecule has 31 heavy (non-hydrogen) atoms. The maximum Gasteiger partial charge on any atom is 0.306 e. The third-order valence-electron chi connectivity index (χ3n) is 9.10. The third kappa shape index (κ3) is 3.41. The summed E-state index contributed by atoms with van der Waals surface area (Å²) < 4.78 is 17.7. The molecule has 6 nitrogen and oxygen atoms in total. The lowest BCUT2D eigenvalue weighted by Gasteiger charge is -2.64. The van der Waals surface area contributed by atoms with Gasteiger partial charge in [-0.3, -0.25) is 14.4 Å². The second-order valence-electron chi connectivity index (χ2n) is 10.7. The molecule has 0 N–H and O–H groups in total. The SMILES string of the molecule is CC(=O)O[C@@H]1CC2CC=CC(OC(C)=O)(OC(C)=O)[C@]2(C)[C@H]2CC[C@]3(C)CCC[C@H]3[C@H]12. The van der Waals surface area contributed by atoms with Gasteiger partial charge in [0.05, 0.1) is 5.41 Å². The maximum absolute atomic E-state index is 12.2. The Kier molecular flexibility index (Phi) is 5.50. The summed E-state index contributed by atoms with van der Waals surface area (Å²) in [6, 6.07) is 0. The van der Waals surface area contributed by atoms with Crippen LogP contribution in [0.15, 0.2) is 12.2 Å². The largest absolute Gasteiger partial charge is 0.462 e. The minimum absolute atomic E-state index is 0.0764. The molecule has 0 spiro atoms. The number of ether oxygens (including phenoxy) is 3. The zero-order chi connectivity index (χ0) is 22.6. The highest BCUT2D eigenvalue weighted by Crippen LogP contribution is 2.68. The van der Waals surface area contributed by atoms with E-state index in [-0.39, 0.29) is 35.2 Å². The van der Waals surface area contributed by atoms with Gasteiger partial charge in [0.25, 0.3) is 5.79 Å². The average molecular weight is 433 g/mol.